The molecule has 4 heteroatoms. The zero-order valence-corrected chi connectivity index (χ0v) is 20.6. The highest BCUT2D eigenvalue weighted by molar-refractivity contribution is 6.77. The summed E-state index contributed by atoms with van der Waals surface area (Å²) in [6, 6.07) is 10.2. The molecule has 0 aliphatic carbocycles. The fourth-order valence-corrected chi connectivity index (χ4v) is 10.2. The van der Waals surface area contributed by atoms with Crippen molar-refractivity contribution in [1.29, 1.82) is 0 Å². The van der Waals surface area contributed by atoms with Gasteiger partial charge < -0.3 is 13.9 Å². The molecular formula is C25H42O3Si. The number of benzene rings is 1. The van der Waals surface area contributed by atoms with Crippen molar-refractivity contribution in [2.45, 2.75) is 103 Å². The van der Waals surface area contributed by atoms with E-state index in [1.807, 2.05) is 18.2 Å². The lowest BCUT2D eigenvalue weighted by Crippen LogP contribution is -2.52. The van der Waals surface area contributed by atoms with Gasteiger partial charge in [0.15, 0.2) is 0 Å². The van der Waals surface area contributed by atoms with Gasteiger partial charge in [-0.05, 0) is 35.0 Å². The summed E-state index contributed by atoms with van der Waals surface area (Å²) in [5.74, 6) is 2.79. The Morgan fingerprint density at radius 2 is 1.52 bits per heavy atom. The van der Waals surface area contributed by atoms with E-state index in [0.717, 1.165) is 18.4 Å². The minimum absolute atomic E-state index is 0.00948. The van der Waals surface area contributed by atoms with E-state index < -0.39 is 8.32 Å². The standard InChI is InChI=1S/C25H42O3Si/c1-9-11-17-25(28-29(20(3)4,21(5)6)22(7)8)24(10-2)27-19-26-18-23-15-13-12-14-16-23/h1,12-16,20-22,24-25H,10-11,17-19H2,2-8H3/t24-,25+/m1/s1. The molecule has 2 atom stereocenters. The fourth-order valence-electron chi connectivity index (χ4n) is 4.57. The molecule has 0 unspecified atom stereocenters. The number of ether oxygens (including phenoxy) is 2. The van der Waals surface area contributed by atoms with Gasteiger partial charge in [0.1, 0.15) is 6.79 Å². The molecule has 164 valence electrons. The van der Waals surface area contributed by atoms with Crippen molar-refractivity contribution in [2.75, 3.05) is 6.79 Å². The smallest absolute Gasteiger partial charge is 0.200 e. The first-order chi connectivity index (χ1) is 13.8. The van der Waals surface area contributed by atoms with Gasteiger partial charge in [0.25, 0.3) is 0 Å². The molecule has 0 spiro atoms. The van der Waals surface area contributed by atoms with Gasteiger partial charge in [0.2, 0.25) is 8.32 Å². The van der Waals surface area contributed by atoms with Crippen molar-refractivity contribution < 1.29 is 13.9 Å². The van der Waals surface area contributed by atoms with Crippen molar-refractivity contribution in [3.05, 3.63) is 35.9 Å². The van der Waals surface area contributed by atoms with Crippen molar-refractivity contribution in [3.8, 4) is 12.3 Å². The number of hydrogen-bond donors (Lipinski definition) is 0. The summed E-state index contributed by atoms with van der Waals surface area (Å²) >= 11 is 0. The SMILES string of the molecule is C#CCC[C@H](O[Si](C(C)C)(C(C)C)C(C)C)[C@@H](CC)OCOCc1ccccc1. The van der Waals surface area contributed by atoms with Gasteiger partial charge in [0.05, 0.1) is 18.8 Å². The Kier molecular flexibility index (Phi) is 11.8. The summed E-state index contributed by atoms with van der Waals surface area (Å²) in [7, 11) is -2.01. The predicted octanol–water partition coefficient (Wildman–Crippen LogP) is 6.93. The Morgan fingerprint density at radius 3 is 2.00 bits per heavy atom. The Bertz CT molecular complexity index is 570. The van der Waals surface area contributed by atoms with Gasteiger partial charge in [-0.3, -0.25) is 0 Å². The van der Waals surface area contributed by atoms with Gasteiger partial charge in [-0.25, -0.2) is 0 Å². The monoisotopic (exact) mass is 418 g/mol. The highest BCUT2D eigenvalue weighted by Gasteiger charge is 2.47. The largest absolute Gasteiger partial charge is 0.410 e. The molecule has 1 aromatic carbocycles. The first-order valence-corrected chi connectivity index (χ1v) is 13.3. The second-order valence-corrected chi connectivity index (χ2v) is 14.2. The molecule has 0 saturated heterocycles. The third-order valence-corrected chi connectivity index (χ3v) is 12.1. The average molecular weight is 419 g/mol. The quantitative estimate of drug-likeness (QED) is 0.142. The van der Waals surface area contributed by atoms with Crippen LogP contribution >= 0.6 is 0 Å². The van der Waals surface area contributed by atoms with Crippen LogP contribution < -0.4 is 0 Å². The lowest BCUT2D eigenvalue weighted by atomic mass is 10.1. The van der Waals surface area contributed by atoms with Crippen LogP contribution in [-0.4, -0.2) is 27.3 Å². The summed E-state index contributed by atoms with van der Waals surface area (Å²) in [6.45, 7) is 16.9. The third kappa shape index (κ3) is 7.57. The topological polar surface area (TPSA) is 27.7 Å². The van der Waals surface area contributed by atoms with Gasteiger partial charge >= 0.3 is 0 Å². The summed E-state index contributed by atoms with van der Waals surface area (Å²) in [5, 5.41) is 0. The van der Waals surface area contributed by atoms with Gasteiger partial charge in [-0.15, -0.1) is 12.3 Å². The first-order valence-electron chi connectivity index (χ1n) is 11.1. The summed E-state index contributed by atoms with van der Waals surface area (Å²) in [6.07, 6.45) is 7.99. The maximum Gasteiger partial charge on any atom is 0.200 e. The summed E-state index contributed by atoms with van der Waals surface area (Å²) in [4.78, 5) is 0. The van der Waals surface area contributed by atoms with Gasteiger partial charge in [0, 0.05) is 6.42 Å². The zero-order chi connectivity index (χ0) is 21.9. The van der Waals surface area contributed by atoms with E-state index in [4.69, 9.17) is 20.3 Å². The number of terminal acetylenes is 1. The maximum absolute atomic E-state index is 7.06. The Hall–Kier alpha value is -1.12. The number of rotatable bonds is 14. The average Bonchev–Trinajstić information content (AvgIpc) is 2.68. The van der Waals surface area contributed by atoms with Crippen molar-refractivity contribution in [2.24, 2.45) is 0 Å². The highest BCUT2D eigenvalue weighted by Crippen LogP contribution is 2.44. The van der Waals surface area contributed by atoms with Crippen LogP contribution in [0.4, 0.5) is 0 Å². The lowest BCUT2D eigenvalue weighted by molar-refractivity contribution is -0.128. The molecular weight excluding hydrogens is 376 g/mol. The maximum atomic E-state index is 7.06. The number of hydrogen-bond acceptors (Lipinski definition) is 3. The van der Waals surface area contributed by atoms with E-state index in [1.54, 1.807) is 0 Å². The molecule has 0 radical (unpaired) electrons. The molecule has 0 aliphatic rings. The van der Waals surface area contributed by atoms with Gasteiger partial charge in [-0.2, -0.15) is 0 Å². The van der Waals surface area contributed by atoms with Crippen molar-refractivity contribution in [1.82, 2.24) is 0 Å². The molecule has 1 rings (SSSR count). The van der Waals surface area contributed by atoms with Crippen LogP contribution in [0.1, 0.15) is 73.3 Å². The Labute approximate surface area is 180 Å². The summed E-state index contributed by atoms with van der Waals surface area (Å²) < 4.78 is 19.0. The molecule has 0 saturated carbocycles. The fraction of sp³-hybridized carbons (Fsp3) is 0.680. The van der Waals surface area contributed by atoms with Crippen LogP contribution in [-0.2, 0) is 20.5 Å². The molecule has 0 heterocycles. The lowest BCUT2D eigenvalue weighted by Gasteiger charge is -2.46. The molecule has 0 N–H and O–H groups in total. The Morgan fingerprint density at radius 1 is 0.931 bits per heavy atom. The van der Waals surface area contributed by atoms with Crippen molar-refractivity contribution >= 4 is 8.32 Å². The molecule has 1 aromatic rings. The molecule has 0 amide bonds. The van der Waals surface area contributed by atoms with E-state index in [1.165, 1.54) is 0 Å². The third-order valence-electron chi connectivity index (χ3n) is 5.93. The summed E-state index contributed by atoms with van der Waals surface area (Å²) in [5.41, 5.74) is 2.74. The molecule has 0 aromatic heterocycles. The van der Waals surface area contributed by atoms with Gasteiger partial charge in [-0.1, -0.05) is 78.8 Å². The van der Waals surface area contributed by atoms with Crippen LogP contribution in [0.25, 0.3) is 0 Å². The predicted molar refractivity (Wildman–Crippen MR) is 125 cm³/mol. The van der Waals surface area contributed by atoms with E-state index in [-0.39, 0.29) is 19.0 Å². The van der Waals surface area contributed by atoms with Crippen LogP contribution in [0.2, 0.25) is 16.6 Å². The second-order valence-electron chi connectivity index (χ2n) is 8.78. The van der Waals surface area contributed by atoms with Crippen LogP contribution in [0, 0.1) is 12.3 Å². The van der Waals surface area contributed by atoms with E-state index in [0.29, 0.717) is 29.7 Å². The molecule has 0 fully saturated rings. The van der Waals surface area contributed by atoms with E-state index in [2.05, 4.69) is 66.5 Å². The van der Waals surface area contributed by atoms with Crippen LogP contribution in [0.15, 0.2) is 30.3 Å². The molecule has 0 bridgehead atoms. The molecule has 29 heavy (non-hydrogen) atoms. The highest BCUT2D eigenvalue weighted by atomic mass is 28.4. The van der Waals surface area contributed by atoms with Crippen molar-refractivity contribution in [3.63, 3.8) is 0 Å². The van der Waals surface area contributed by atoms with Crippen LogP contribution in [0.3, 0.4) is 0 Å². The van der Waals surface area contributed by atoms with E-state index in [9.17, 15) is 0 Å². The minimum Gasteiger partial charge on any atom is -0.410 e. The minimum atomic E-state index is -2.01. The normalized spacial score (nSPS) is 14.4. The molecule has 0 aliphatic heterocycles. The first kappa shape index (κ1) is 25.9. The zero-order valence-electron chi connectivity index (χ0n) is 19.6. The Balaban J connectivity index is 2.84. The van der Waals surface area contributed by atoms with E-state index >= 15 is 0 Å². The van der Waals surface area contributed by atoms with Crippen LogP contribution in [0.5, 0.6) is 0 Å². The molecule has 3 nitrogen and oxygen atoms in total. The second kappa shape index (κ2) is 13.2.